The zero-order chi connectivity index (χ0) is 18.1. The quantitative estimate of drug-likeness (QED) is 0.565. The summed E-state index contributed by atoms with van der Waals surface area (Å²) in [6.07, 6.45) is -0.355. The van der Waals surface area contributed by atoms with Crippen molar-refractivity contribution in [2.45, 2.75) is 26.2 Å². The summed E-state index contributed by atoms with van der Waals surface area (Å²) in [4.78, 5) is 0. The van der Waals surface area contributed by atoms with Crippen molar-refractivity contribution >= 4 is 11.6 Å². The van der Waals surface area contributed by atoms with Crippen molar-refractivity contribution in [3.63, 3.8) is 0 Å². The summed E-state index contributed by atoms with van der Waals surface area (Å²) in [5.74, 6) is 0.400. The standard InChI is InChI=1S/C19H24ClFN2O2/c1-14(24)11-22-8-9-23-12-16-10-17(20)6-7-19(16)25-13-15-4-2-3-5-18(15)21/h2-7,10,14,22-24H,8-9,11-13H2,1H3/t14-/m1/s1. The summed E-state index contributed by atoms with van der Waals surface area (Å²) >= 11 is 6.07. The first-order chi connectivity index (χ1) is 12.1. The molecule has 0 heterocycles. The molecule has 1 atom stereocenters. The van der Waals surface area contributed by atoms with Gasteiger partial charge in [-0.1, -0.05) is 29.8 Å². The Kier molecular flexibility index (Phi) is 8.15. The van der Waals surface area contributed by atoms with E-state index in [1.807, 2.05) is 6.07 Å². The maximum atomic E-state index is 13.7. The molecule has 0 aliphatic heterocycles. The van der Waals surface area contributed by atoms with E-state index in [9.17, 15) is 9.50 Å². The van der Waals surface area contributed by atoms with E-state index in [1.165, 1.54) is 6.07 Å². The van der Waals surface area contributed by atoms with Gasteiger partial charge in [0.05, 0.1) is 6.10 Å². The minimum Gasteiger partial charge on any atom is -0.488 e. The average molecular weight is 367 g/mol. The van der Waals surface area contributed by atoms with Crippen molar-refractivity contribution in [2.24, 2.45) is 0 Å². The second-order valence-electron chi connectivity index (χ2n) is 5.86. The molecule has 2 aromatic carbocycles. The van der Waals surface area contributed by atoms with Gasteiger partial charge in [-0.3, -0.25) is 0 Å². The van der Waals surface area contributed by atoms with E-state index in [0.717, 1.165) is 18.7 Å². The number of halogens is 2. The van der Waals surface area contributed by atoms with Crippen LogP contribution in [0.25, 0.3) is 0 Å². The third-order valence-corrected chi connectivity index (χ3v) is 3.83. The van der Waals surface area contributed by atoms with Gasteiger partial charge in [-0.25, -0.2) is 4.39 Å². The number of nitrogens with one attached hydrogen (secondary N) is 2. The Morgan fingerprint density at radius 1 is 1.12 bits per heavy atom. The van der Waals surface area contributed by atoms with Crippen LogP contribution < -0.4 is 15.4 Å². The van der Waals surface area contributed by atoms with Crippen LogP contribution in [0.15, 0.2) is 42.5 Å². The van der Waals surface area contributed by atoms with Gasteiger partial charge in [-0.05, 0) is 31.2 Å². The van der Waals surface area contributed by atoms with E-state index in [4.69, 9.17) is 16.3 Å². The molecule has 0 fully saturated rings. The van der Waals surface area contributed by atoms with Gasteiger partial charge < -0.3 is 20.5 Å². The number of benzene rings is 2. The molecule has 0 amide bonds. The fourth-order valence-corrected chi connectivity index (χ4v) is 2.50. The fourth-order valence-electron chi connectivity index (χ4n) is 2.31. The molecule has 0 aromatic heterocycles. The molecule has 6 heteroatoms. The lowest BCUT2D eigenvalue weighted by Gasteiger charge is -2.14. The van der Waals surface area contributed by atoms with Gasteiger partial charge in [-0.15, -0.1) is 0 Å². The molecule has 25 heavy (non-hydrogen) atoms. The smallest absolute Gasteiger partial charge is 0.129 e. The lowest BCUT2D eigenvalue weighted by molar-refractivity contribution is 0.191. The number of aliphatic hydroxyl groups is 1. The van der Waals surface area contributed by atoms with Gasteiger partial charge in [0.15, 0.2) is 0 Å². The van der Waals surface area contributed by atoms with E-state index in [-0.39, 0.29) is 18.5 Å². The molecule has 0 unspecified atom stereocenters. The Balaban J connectivity index is 1.87. The summed E-state index contributed by atoms with van der Waals surface area (Å²) in [6.45, 7) is 4.55. The van der Waals surface area contributed by atoms with Gasteiger partial charge in [0.25, 0.3) is 0 Å². The van der Waals surface area contributed by atoms with Gasteiger partial charge in [0, 0.05) is 42.3 Å². The van der Waals surface area contributed by atoms with Crippen molar-refractivity contribution in [1.82, 2.24) is 10.6 Å². The van der Waals surface area contributed by atoms with E-state index in [1.54, 1.807) is 37.3 Å². The minimum absolute atomic E-state index is 0.164. The van der Waals surface area contributed by atoms with Crippen LogP contribution in [0.4, 0.5) is 4.39 Å². The normalized spacial score (nSPS) is 12.2. The highest BCUT2D eigenvalue weighted by molar-refractivity contribution is 6.30. The lowest BCUT2D eigenvalue weighted by Crippen LogP contribution is -2.31. The number of ether oxygens (including phenoxy) is 1. The van der Waals surface area contributed by atoms with Crippen LogP contribution in [0.2, 0.25) is 5.02 Å². The third kappa shape index (κ3) is 7.00. The number of hydrogen-bond donors (Lipinski definition) is 3. The monoisotopic (exact) mass is 366 g/mol. The fraction of sp³-hybridized carbons (Fsp3) is 0.368. The predicted octanol–water partition coefficient (Wildman–Crippen LogP) is 3.12. The summed E-state index contributed by atoms with van der Waals surface area (Å²) in [7, 11) is 0. The highest BCUT2D eigenvalue weighted by atomic mass is 35.5. The van der Waals surface area contributed by atoms with Crippen LogP contribution >= 0.6 is 11.6 Å². The molecule has 0 radical (unpaired) electrons. The van der Waals surface area contributed by atoms with Gasteiger partial charge in [0.2, 0.25) is 0 Å². The lowest BCUT2D eigenvalue weighted by atomic mass is 10.2. The largest absolute Gasteiger partial charge is 0.488 e. The van der Waals surface area contributed by atoms with Crippen LogP contribution in [0.1, 0.15) is 18.1 Å². The molecule has 136 valence electrons. The Labute approximate surface area is 153 Å². The molecular formula is C19H24ClFN2O2. The van der Waals surface area contributed by atoms with E-state index >= 15 is 0 Å². The van der Waals surface area contributed by atoms with Crippen molar-refractivity contribution in [1.29, 1.82) is 0 Å². The Morgan fingerprint density at radius 3 is 2.64 bits per heavy atom. The van der Waals surface area contributed by atoms with Crippen LogP contribution in [-0.4, -0.2) is 30.8 Å². The zero-order valence-electron chi connectivity index (χ0n) is 14.3. The first kappa shape index (κ1) is 19.7. The van der Waals surface area contributed by atoms with Crippen molar-refractivity contribution < 1.29 is 14.2 Å². The second-order valence-corrected chi connectivity index (χ2v) is 6.30. The topological polar surface area (TPSA) is 53.5 Å². The van der Waals surface area contributed by atoms with Crippen molar-refractivity contribution in [2.75, 3.05) is 19.6 Å². The summed E-state index contributed by atoms with van der Waals surface area (Å²) in [5.41, 5.74) is 1.43. The van der Waals surface area contributed by atoms with Crippen molar-refractivity contribution in [3.05, 3.63) is 64.4 Å². The highest BCUT2D eigenvalue weighted by Gasteiger charge is 2.07. The molecule has 2 aromatic rings. The predicted molar refractivity (Wildman–Crippen MR) is 98.4 cm³/mol. The van der Waals surface area contributed by atoms with E-state index in [2.05, 4.69) is 10.6 Å². The molecule has 0 aliphatic rings. The van der Waals surface area contributed by atoms with Crippen molar-refractivity contribution in [3.8, 4) is 5.75 Å². The maximum absolute atomic E-state index is 13.7. The zero-order valence-corrected chi connectivity index (χ0v) is 15.0. The molecule has 0 aliphatic carbocycles. The Hall–Kier alpha value is -1.66. The summed E-state index contributed by atoms with van der Waals surface area (Å²) in [6, 6.07) is 12.0. The molecular weight excluding hydrogens is 343 g/mol. The summed E-state index contributed by atoms with van der Waals surface area (Å²) < 4.78 is 19.5. The third-order valence-electron chi connectivity index (χ3n) is 3.60. The van der Waals surface area contributed by atoms with Gasteiger partial charge >= 0.3 is 0 Å². The summed E-state index contributed by atoms with van der Waals surface area (Å²) in [5, 5.41) is 16.2. The average Bonchev–Trinajstić information content (AvgIpc) is 2.58. The number of aliphatic hydroxyl groups excluding tert-OH is 1. The number of rotatable bonds is 10. The first-order valence-electron chi connectivity index (χ1n) is 8.30. The molecule has 2 rings (SSSR count). The molecule has 0 saturated heterocycles. The van der Waals surface area contributed by atoms with Gasteiger partial charge in [-0.2, -0.15) is 0 Å². The second kappa shape index (κ2) is 10.4. The Bertz CT molecular complexity index is 668. The van der Waals surface area contributed by atoms with E-state index < -0.39 is 0 Å². The SMILES string of the molecule is C[C@@H](O)CNCCNCc1cc(Cl)ccc1OCc1ccccc1F. The molecule has 0 spiro atoms. The van der Waals surface area contributed by atoms with Crippen LogP contribution in [0, 0.1) is 5.82 Å². The van der Waals surface area contributed by atoms with E-state index in [0.29, 0.717) is 29.4 Å². The Morgan fingerprint density at radius 2 is 1.88 bits per heavy atom. The molecule has 3 N–H and O–H groups in total. The maximum Gasteiger partial charge on any atom is 0.129 e. The number of hydrogen-bond acceptors (Lipinski definition) is 4. The van der Waals surface area contributed by atoms with Crippen LogP contribution in [-0.2, 0) is 13.2 Å². The molecule has 0 saturated carbocycles. The molecule has 0 bridgehead atoms. The first-order valence-corrected chi connectivity index (χ1v) is 8.68. The minimum atomic E-state index is -0.355. The van der Waals surface area contributed by atoms with Crippen LogP contribution in [0.3, 0.4) is 0 Å². The van der Waals surface area contributed by atoms with Crippen LogP contribution in [0.5, 0.6) is 5.75 Å². The molecule has 4 nitrogen and oxygen atoms in total. The van der Waals surface area contributed by atoms with Gasteiger partial charge in [0.1, 0.15) is 18.2 Å². The highest BCUT2D eigenvalue weighted by Crippen LogP contribution is 2.24.